The van der Waals surface area contributed by atoms with Crippen LogP contribution in [0.3, 0.4) is 0 Å². The van der Waals surface area contributed by atoms with Gasteiger partial charge in [-0.05, 0) is 18.6 Å². The second-order valence-corrected chi connectivity index (χ2v) is 4.76. The van der Waals surface area contributed by atoms with E-state index in [2.05, 4.69) is 20.7 Å². The van der Waals surface area contributed by atoms with Crippen LogP contribution in [0.4, 0.5) is 0 Å². The van der Waals surface area contributed by atoms with Crippen molar-refractivity contribution in [2.45, 2.75) is 6.42 Å². The molecule has 0 heterocycles. The molecule has 16 heavy (non-hydrogen) atoms. The fourth-order valence-corrected chi connectivity index (χ4v) is 1.99. The average molecular weight is 283 g/mol. The van der Waals surface area contributed by atoms with Crippen molar-refractivity contribution in [3.63, 3.8) is 0 Å². The van der Waals surface area contributed by atoms with Crippen molar-refractivity contribution in [3.05, 3.63) is 34.3 Å². The summed E-state index contributed by atoms with van der Waals surface area (Å²) in [4.78, 5) is 23.1. The third-order valence-electron chi connectivity index (χ3n) is 2.76. The maximum absolute atomic E-state index is 11.9. The zero-order chi connectivity index (χ0) is 11.7. The Morgan fingerprint density at radius 3 is 2.44 bits per heavy atom. The Labute approximate surface area is 102 Å². The van der Waals surface area contributed by atoms with E-state index in [1.165, 1.54) is 7.11 Å². The minimum absolute atomic E-state index is 0.0305. The predicted octanol–water partition coefficient (Wildman–Crippen LogP) is 2.44. The highest BCUT2D eigenvalue weighted by molar-refractivity contribution is 9.10. The smallest absolute Gasteiger partial charge is 0.309 e. The summed E-state index contributed by atoms with van der Waals surface area (Å²) in [7, 11) is 1.35. The van der Waals surface area contributed by atoms with Crippen LogP contribution in [0, 0.1) is 11.8 Å². The van der Waals surface area contributed by atoms with E-state index in [0.29, 0.717) is 12.0 Å². The third kappa shape index (κ3) is 2.16. The molecule has 0 saturated heterocycles. The highest BCUT2D eigenvalue weighted by Crippen LogP contribution is 2.41. The topological polar surface area (TPSA) is 43.4 Å². The SMILES string of the molecule is COC(=O)C1CC1C(=O)c1ccc(Br)cc1. The maximum atomic E-state index is 11.9. The number of carbonyl (C=O) groups excluding carboxylic acids is 2. The van der Waals surface area contributed by atoms with Gasteiger partial charge in [-0.3, -0.25) is 9.59 Å². The van der Waals surface area contributed by atoms with E-state index in [1.54, 1.807) is 12.1 Å². The molecule has 1 aromatic carbocycles. The molecule has 0 radical (unpaired) electrons. The maximum Gasteiger partial charge on any atom is 0.309 e. The van der Waals surface area contributed by atoms with Crippen molar-refractivity contribution in [2.75, 3.05) is 7.11 Å². The molecule has 1 aliphatic carbocycles. The van der Waals surface area contributed by atoms with E-state index in [4.69, 9.17) is 0 Å². The molecule has 4 heteroatoms. The lowest BCUT2D eigenvalue weighted by Crippen LogP contribution is -2.10. The van der Waals surface area contributed by atoms with Crippen LogP contribution in [0.5, 0.6) is 0 Å². The first kappa shape index (κ1) is 11.3. The van der Waals surface area contributed by atoms with Crippen LogP contribution >= 0.6 is 15.9 Å². The van der Waals surface area contributed by atoms with Crippen LogP contribution in [0.1, 0.15) is 16.8 Å². The summed E-state index contributed by atoms with van der Waals surface area (Å²) in [6, 6.07) is 7.17. The van der Waals surface area contributed by atoms with Crippen molar-refractivity contribution < 1.29 is 14.3 Å². The summed E-state index contributed by atoms with van der Waals surface area (Å²) >= 11 is 3.31. The lowest BCUT2D eigenvalue weighted by molar-refractivity contribution is -0.142. The number of hydrogen-bond donors (Lipinski definition) is 0. The van der Waals surface area contributed by atoms with Crippen LogP contribution < -0.4 is 0 Å². The second-order valence-electron chi connectivity index (χ2n) is 3.84. The fourth-order valence-electron chi connectivity index (χ4n) is 1.72. The Hall–Kier alpha value is -1.16. The van der Waals surface area contributed by atoms with Gasteiger partial charge < -0.3 is 4.74 Å². The molecule has 0 bridgehead atoms. The Kier molecular flexibility index (Phi) is 3.10. The molecule has 1 fully saturated rings. The Morgan fingerprint density at radius 1 is 1.25 bits per heavy atom. The molecule has 0 aromatic heterocycles. The molecule has 0 aliphatic heterocycles. The standard InChI is InChI=1S/C12H11BrO3/c1-16-12(15)10-6-9(10)11(14)7-2-4-8(13)5-3-7/h2-5,9-10H,6H2,1H3. The van der Waals surface area contributed by atoms with Gasteiger partial charge in [0, 0.05) is 16.0 Å². The zero-order valence-corrected chi connectivity index (χ0v) is 10.4. The van der Waals surface area contributed by atoms with E-state index in [1.807, 2.05) is 12.1 Å². The second kappa shape index (κ2) is 4.37. The van der Waals surface area contributed by atoms with E-state index < -0.39 is 0 Å². The third-order valence-corrected chi connectivity index (χ3v) is 3.29. The lowest BCUT2D eigenvalue weighted by atomic mass is 10.1. The van der Waals surface area contributed by atoms with Crippen molar-refractivity contribution >= 4 is 27.7 Å². The van der Waals surface area contributed by atoms with Crippen LogP contribution in [0.2, 0.25) is 0 Å². The average Bonchev–Trinajstić information content (AvgIpc) is 3.08. The number of methoxy groups -OCH3 is 1. The van der Waals surface area contributed by atoms with E-state index in [9.17, 15) is 9.59 Å². The molecule has 1 saturated carbocycles. The number of esters is 1. The summed E-state index contributed by atoms with van der Waals surface area (Å²) in [6.45, 7) is 0. The largest absolute Gasteiger partial charge is 0.469 e. The number of rotatable bonds is 3. The van der Waals surface area contributed by atoms with Crippen molar-refractivity contribution in [1.82, 2.24) is 0 Å². The summed E-state index contributed by atoms with van der Waals surface area (Å²) < 4.78 is 5.55. The van der Waals surface area contributed by atoms with Crippen molar-refractivity contribution in [1.29, 1.82) is 0 Å². The highest BCUT2D eigenvalue weighted by Gasteiger charge is 2.48. The van der Waals surface area contributed by atoms with Gasteiger partial charge in [-0.1, -0.05) is 28.1 Å². The summed E-state index contributed by atoms with van der Waals surface area (Å²) in [5.74, 6) is -0.673. The summed E-state index contributed by atoms with van der Waals surface area (Å²) in [5.41, 5.74) is 0.652. The first-order chi connectivity index (χ1) is 7.63. The predicted molar refractivity (Wildman–Crippen MR) is 62.1 cm³/mol. The number of carbonyl (C=O) groups is 2. The van der Waals surface area contributed by atoms with Crippen LogP contribution in [-0.2, 0) is 9.53 Å². The van der Waals surface area contributed by atoms with Gasteiger partial charge in [0.2, 0.25) is 0 Å². The van der Waals surface area contributed by atoms with E-state index >= 15 is 0 Å². The first-order valence-electron chi connectivity index (χ1n) is 5.01. The van der Waals surface area contributed by atoms with Gasteiger partial charge >= 0.3 is 5.97 Å². The van der Waals surface area contributed by atoms with Gasteiger partial charge in [0.15, 0.2) is 5.78 Å². The number of benzene rings is 1. The molecule has 0 spiro atoms. The summed E-state index contributed by atoms with van der Waals surface area (Å²) in [5, 5.41) is 0. The van der Waals surface area contributed by atoms with Gasteiger partial charge in [0.25, 0.3) is 0 Å². The van der Waals surface area contributed by atoms with Crippen LogP contribution in [0.25, 0.3) is 0 Å². The molecular weight excluding hydrogens is 272 g/mol. The number of hydrogen-bond acceptors (Lipinski definition) is 3. The van der Waals surface area contributed by atoms with Gasteiger partial charge in [0.1, 0.15) is 0 Å². The molecule has 1 aliphatic rings. The minimum atomic E-state index is -0.282. The zero-order valence-electron chi connectivity index (χ0n) is 8.77. The summed E-state index contributed by atoms with van der Waals surface area (Å²) in [6.07, 6.45) is 0.613. The van der Waals surface area contributed by atoms with Gasteiger partial charge in [-0.25, -0.2) is 0 Å². The van der Waals surface area contributed by atoms with Crippen molar-refractivity contribution in [3.8, 4) is 0 Å². The van der Waals surface area contributed by atoms with E-state index in [-0.39, 0.29) is 23.6 Å². The molecule has 84 valence electrons. The molecular formula is C12H11BrO3. The number of halogens is 1. The lowest BCUT2D eigenvalue weighted by Gasteiger charge is -2.00. The Balaban J connectivity index is 2.05. The number of Topliss-reactive ketones (excluding diaryl/α,β-unsaturated/α-hetero) is 1. The van der Waals surface area contributed by atoms with Gasteiger partial charge in [0.05, 0.1) is 13.0 Å². The first-order valence-corrected chi connectivity index (χ1v) is 5.80. The number of ketones is 1. The molecule has 0 N–H and O–H groups in total. The molecule has 2 rings (SSSR count). The van der Waals surface area contributed by atoms with Crippen LogP contribution in [0.15, 0.2) is 28.7 Å². The van der Waals surface area contributed by atoms with E-state index in [0.717, 1.165) is 4.47 Å². The quantitative estimate of drug-likeness (QED) is 0.632. The normalized spacial score (nSPS) is 22.6. The van der Waals surface area contributed by atoms with Gasteiger partial charge in [-0.15, -0.1) is 0 Å². The van der Waals surface area contributed by atoms with Crippen molar-refractivity contribution in [2.24, 2.45) is 11.8 Å². The molecule has 2 unspecified atom stereocenters. The minimum Gasteiger partial charge on any atom is -0.469 e. The van der Waals surface area contributed by atoms with Crippen LogP contribution in [-0.4, -0.2) is 18.9 Å². The molecule has 0 amide bonds. The Morgan fingerprint density at radius 2 is 1.88 bits per heavy atom. The monoisotopic (exact) mass is 282 g/mol. The molecule has 1 aromatic rings. The molecule has 3 nitrogen and oxygen atoms in total. The molecule has 2 atom stereocenters. The Bertz CT molecular complexity index is 424. The highest BCUT2D eigenvalue weighted by atomic mass is 79.9. The fraction of sp³-hybridized carbons (Fsp3) is 0.333. The van der Waals surface area contributed by atoms with Gasteiger partial charge in [-0.2, -0.15) is 0 Å². The number of ether oxygens (including phenoxy) is 1.